The van der Waals surface area contributed by atoms with E-state index in [4.69, 9.17) is 12.2 Å². The van der Waals surface area contributed by atoms with Gasteiger partial charge in [0.2, 0.25) is 0 Å². The number of anilines is 1. The molecule has 4 heteroatoms. The lowest BCUT2D eigenvalue weighted by atomic mass is 10.1. The van der Waals surface area contributed by atoms with E-state index in [9.17, 15) is 9.18 Å². The van der Waals surface area contributed by atoms with Crippen molar-refractivity contribution in [2.75, 3.05) is 18.8 Å². The van der Waals surface area contributed by atoms with Gasteiger partial charge in [0.25, 0.3) is 5.91 Å². The number of carbonyl (C=O) groups is 1. The second-order valence-corrected chi connectivity index (χ2v) is 3.67. The van der Waals surface area contributed by atoms with E-state index in [0.717, 1.165) is 6.42 Å². The van der Waals surface area contributed by atoms with Crippen molar-refractivity contribution in [3.8, 4) is 12.3 Å². The maximum atomic E-state index is 13.5. The molecule has 0 radical (unpaired) electrons. The Bertz CT molecular complexity index is 451. The summed E-state index contributed by atoms with van der Waals surface area (Å²) in [5, 5.41) is 0. The predicted octanol–water partition coefficient (Wildman–Crippen LogP) is 1.89. The predicted molar refractivity (Wildman–Crippen MR) is 65.8 cm³/mol. The molecular formula is C13H15FN2O. The molecule has 1 amide bonds. The lowest BCUT2D eigenvalue weighted by Crippen LogP contribution is -2.32. The van der Waals surface area contributed by atoms with Gasteiger partial charge >= 0.3 is 0 Å². The average molecular weight is 234 g/mol. The molecule has 0 saturated carbocycles. The molecule has 17 heavy (non-hydrogen) atoms. The number of nitrogen functional groups attached to an aromatic ring is 1. The average Bonchev–Trinajstić information content (AvgIpc) is 2.31. The van der Waals surface area contributed by atoms with Crippen molar-refractivity contribution >= 4 is 11.6 Å². The zero-order valence-electron chi connectivity index (χ0n) is 9.74. The van der Waals surface area contributed by atoms with Crippen LogP contribution in [0.4, 0.5) is 10.1 Å². The van der Waals surface area contributed by atoms with Crippen LogP contribution in [-0.2, 0) is 0 Å². The second kappa shape index (κ2) is 5.90. The fourth-order valence-electron chi connectivity index (χ4n) is 1.51. The number of hydrogen-bond donors (Lipinski definition) is 1. The number of benzene rings is 1. The highest BCUT2D eigenvalue weighted by Crippen LogP contribution is 2.14. The minimum absolute atomic E-state index is 0.0336. The largest absolute Gasteiger partial charge is 0.399 e. The van der Waals surface area contributed by atoms with Gasteiger partial charge in [0.05, 0.1) is 12.1 Å². The van der Waals surface area contributed by atoms with Crippen LogP contribution in [0.15, 0.2) is 18.2 Å². The van der Waals surface area contributed by atoms with Gasteiger partial charge in [0.1, 0.15) is 5.82 Å². The van der Waals surface area contributed by atoms with Crippen molar-refractivity contribution in [3.63, 3.8) is 0 Å². The molecule has 1 rings (SSSR count). The molecule has 0 heterocycles. The number of nitrogens with two attached hydrogens (primary N) is 1. The summed E-state index contributed by atoms with van der Waals surface area (Å²) in [6.45, 7) is 2.59. The second-order valence-electron chi connectivity index (χ2n) is 3.67. The first kappa shape index (κ1) is 13.0. The third-order valence-corrected chi connectivity index (χ3v) is 2.28. The Hall–Kier alpha value is -2.02. The van der Waals surface area contributed by atoms with Crippen molar-refractivity contribution in [2.45, 2.75) is 13.3 Å². The summed E-state index contributed by atoms with van der Waals surface area (Å²) in [4.78, 5) is 13.5. The van der Waals surface area contributed by atoms with Crippen LogP contribution < -0.4 is 5.73 Å². The van der Waals surface area contributed by atoms with Crippen LogP contribution in [0.5, 0.6) is 0 Å². The van der Waals surface area contributed by atoms with Gasteiger partial charge in [-0.1, -0.05) is 12.8 Å². The fourth-order valence-corrected chi connectivity index (χ4v) is 1.51. The van der Waals surface area contributed by atoms with Gasteiger partial charge in [-0.2, -0.15) is 0 Å². The Balaban J connectivity index is 3.00. The number of halogens is 1. The van der Waals surface area contributed by atoms with Gasteiger partial charge in [-0.25, -0.2) is 4.39 Å². The molecule has 90 valence electrons. The Morgan fingerprint density at radius 1 is 1.59 bits per heavy atom. The monoisotopic (exact) mass is 234 g/mol. The van der Waals surface area contributed by atoms with Gasteiger partial charge < -0.3 is 10.6 Å². The van der Waals surface area contributed by atoms with Crippen molar-refractivity contribution in [3.05, 3.63) is 29.6 Å². The number of amides is 1. The standard InChI is InChI=1S/C13H15FN2O/c1-3-7-16(8-4-2)13(17)11-9-10(15)5-6-12(11)14/h1,5-6,9H,4,7-8,15H2,2H3. The molecule has 1 aromatic carbocycles. The number of hydrogen-bond acceptors (Lipinski definition) is 2. The number of carbonyl (C=O) groups excluding carboxylic acids is 1. The lowest BCUT2D eigenvalue weighted by molar-refractivity contribution is 0.0772. The van der Waals surface area contributed by atoms with E-state index >= 15 is 0 Å². The maximum Gasteiger partial charge on any atom is 0.257 e. The molecule has 0 aliphatic rings. The third kappa shape index (κ3) is 3.22. The zero-order valence-corrected chi connectivity index (χ0v) is 9.74. The Morgan fingerprint density at radius 3 is 2.88 bits per heavy atom. The molecule has 2 N–H and O–H groups in total. The molecule has 0 saturated heterocycles. The van der Waals surface area contributed by atoms with E-state index in [0.29, 0.717) is 12.2 Å². The molecule has 0 unspecified atom stereocenters. The highest BCUT2D eigenvalue weighted by atomic mass is 19.1. The Morgan fingerprint density at radius 2 is 2.29 bits per heavy atom. The Kier molecular flexibility index (Phi) is 4.53. The molecule has 3 nitrogen and oxygen atoms in total. The topological polar surface area (TPSA) is 46.3 Å². The molecule has 0 atom stereocenters. The quantitative estimate of drug-likeness (QED) is 0.638. The molecule has 0 aromatic heterocycles. The van der Waals surface area contributed by atoms with Gasteiger partial charge in [-0.15, -0.1) is 6.42 Å². The SMILES string of the molecule is C#CCN(CCC)C(=O)c1cc(N)ccc1F. The molecular weight excluding hydrogens is 219 g/mol. The third-order valence-electron chi connectivity index (χ3n) is 2.28. The molecule has 0 fully saturated rings. The van der Waals surface area contributed by atoms with Crippen LogP contribution in [0.1, 0.15) is 23.7 Å². The number of nitrogens with zero attached hydrogens (tertiary/aromatic N) is 1. The zero-order chi connectivity index (χ0) is 12.8. The van der Waals surface area contributed by atoms with Gasteiger partial charge in [-0.05, 0) is 24.6 Å². The molecule has 0 aliphatic heterocycles. The first-order valence-corrected chi connectivity index (χ1v) is 5.38. The van der Waals surface area contributed by atoms with Crippen LogP contribution in [0.2, 0.25) is 0 Å². The van der Waals surface area contributed by atoms with E-state index in [1.807, 2.05) is 6.92 Å². The van der Waals surface area contributed by atoms with Crippen LogP contribution >= 0.6 is 0 Å². The van der Waals surface area contributed by atoms with Crippen molar-refractivity contribution in [1.29, 1.82) is 0 Å². The van der Waals surface area contributed by atoms with Crippen LogP contribution in [0.3, 0.4) is 0 Å². The first-order valence-electron chi connectivity index (χ1n) is 5.38. The lowest BCUT2D eigenvalue weighted by Gasteiger charge is -2.19. The summed E-state index contributed by atoms with van der Waals surface area (Å²) in [5.41, 5.74) is 5.86. The summed E-state index contributed by atoms with van der Waals surface area (Å²) in [7, 11) is 0. The summed E-state index contributed by atoms with van der Waals surface area (Å²) < 4.78 is 13.5. The van der Waals surface area contributed by atoms with Crippen molar-refractivity contribution in [2.24, 2.45) is 0 Å². The van der Waals surface area contributed by atoms with Gasteiger partial charge in [-0.3, -0.25) is 4.79 Å². The van der Waals surface area contributed by atoms with Crippen molar-refractivity contribution in [1.82, 2.24) is 4.90 Å². The summed E-state index contributed by atoms with van der Waals surface area (Å²) in [6.07, 6.45) is 5.94. The highest BCUT2D eigenvalue weighted by Gasteiger charge is 2.18. The summed E-state index contributed by atoms with van der Waals surface area (Å²) >= 11 is 0. The first-order chi connectivity index (χ1) is 8.10. The summed E-state index contributed by atoms with van der Waals surface area (Å²) in [6, 6.07) is 3.93. The molecule has 0 aliphatic carbocycles. The molecule has 0 spiro atoms. The van der Waals surface area contributed by atoms with Gasteiger partial charge in [0, 0.05) is 12.2 Å². The van der Waals surface area contributed by atoms with Crippen LogP contribution in [0, 0.1) is 18.2 Å². The Labute approximate surface area is 100 Å². The van der Waals surface area contributed by atoms with E-state index in [1.54, 1.807) is 0 Å². The molecule has 1 aromatic rings. The van der Waals surface area contributed by atoms with E-state index in [-0.39, 0.29) is 12.1 Å². The highest BCUT2D eigenvalue weighted by molar-refractivity contribution is 5.95. The van der Waals surface area contributed by atoms with Crippen LogP contribution in [-0.4, -0.2) is 23.9 Å². The number of terminal acetylenes is 1. The van der Waals surface area contributed by atoms with Gasteiger partial charge in [0.15, 0.2) is 0 Å². The smallest absolute Gasteiger partial charge is 0.257 e. The van der Waals surface area contributed by atoms with Crippen molar-refractivity contribution < 1.29 is 9.18 Å². The minimum Gasteiger partial charge on any atom is -0.399 e. The molecule has 0 bridgehead atoms. The van der Waals surface area contributed by atoms with E-state index in [2.05, 4.69) is 5.92 Å². The van der Waals surface area contributed by atoms with E-state index in [1.165, 1.54) is 23.1 Å². The maximum absolute atomic E-state index is 13.5. The van der Waals surface area contributed by atoms with Crippen LogP contribution in [0.25, 0.3) is 0 Å². The van der Waals surface area contributed by atoms with E-state index < -0.39 is 11.7 Å². The normalized spacial score (nSPS) is 9.71. The minimum atomic E-state index is -0.581. The fraction of sp³-hybridized carbons (Fsp3) is 0.308. The summed E-state index contributed by atoms with van der Waals surface area (Å²) in [5.74, 6) is 1.39. The number of rotatable bonds is 4.